The average molecular weight is 374 g/mol. The number of hydrogen-bond acceptors (Lipinski definition) is 4. The van der Waals surface area contributed by atoms with Gasteiger partial charge in [0.25, 0.3) is 0 Å². The molecule has 4 nitrogen and oxygen atoms in total. The van der Waals surface area contributed by atoms with Crippen LogP contribution in [0, 0.1) is 13.8 Å². The van der Waals surface area contributed by atoms with Gasteiger partial charge in [-0.25, -0.2) is 4.79 Å². The van der Waals surface area contributed by atoms with E-state index in [9.17, 15) is 9.59 Å². The van der Waals surface area contributed by atoms with Crippen LogP contribution in [0.4, 0.5) is 0 Å². The normalized spacial score (nSPS) is 10.4. The molecule has 0 atom stereocenters. The Morgan fingerprint density at radius 1 is 0.750 bits per heavy atom. The van der Waals surface area contributed by atoms with Gasteiger partial charge < -0.3 is 9.47 Å². The van der Waals surface area contributed by atoms with Crippen LogP contribution >= 0.6 is 0 Å². The number of carbonyl (C=O) groups is 2. The van der Waals surface area contributed by atoms with Crippen molar-refractivity contribution in [1.29, 1.82) is 0 Å². The standard InChI is InChI=1S/C24H22O4/c1-15-12-19(8-10-22(15)27-4)20-9-11-23(16(2)13-20)28-24(26)21-7-5-6-18(14-21)17(3)25/h5-14H,1-4H3. The fourth-order valence-electron chi connectivity index (χ4n) is 3.03. The van der Waals surface area contributed by atoms with Gasteiger partial charge in [-0.2, -0.15) is 0 Å². The minimum Gasteiger partial charge on any atom is -0.496 e. The van der Waals surface area contributed by atoms with Crippen molar-refractivity contribution in [3.05, 3.63) is 82.9 Å². The van der Waals surface area contributed by atoms with E-state index in [0.29, 0.717) is 16.9 Å². The van der Waals surface area contributed by atoms with Crippen LogP contribution in [0.15, 0.2) is 60.7 Å². The van der Waals surface area contributed by atoms with Crippen molar-refractivity contribution in [3.63, 3.8) is 0 Å². The van der Waals surface area contributed by atoms with Gasteiger partial charge in [0.2, 0.25) is 0 Å². The molecule has 3 aromatic carbocycles. The molecule has 0 fully saturated rings. The zero-order chi connectivity index (χ0) is 20.3. The summed E-state index contributed by atoms with van der Waals surface area (Å²) >= 11 is 0. The molecule has 4 heteroatoms. The Balaban J connectivity index is 1.83. The lowest BCUT2D eigenvalue weighted by Crippen LogP contribution is -2.10. The third-order valence-corrected chi connectivity index (χ3v) is 4.61. The molecule has 0 aliphatic rings. The first-order valence-corrected chi connectivity index (χ1v) is 8.98. The van der Waals surface area contributed by atoms with Crippen LogP contribution in [0.3, 0.4) is 0 Å². The van der Waals surface area contributed by atoms with Gasteiger partial charge >= 0.3 is 5.97 Å². The summed E-state index contributed by atoms with van der Waals surface area (Å²) in [6, 6.07) is 18.2. The van der Waals surface area contributed by atoms with Gasteiger partial charge in [0.1, 0.15) is 11.5 Å². The maximum absolute atomic E-state index is 12.5. The van der Waals surface area contributed by atoms with Gasteiger partial charge in [-0.3, -0.25) is 4.79 Å². The van der Waals surface area contributed by atoms with Crippen molar-refractivity contribution < 1.29 is 19.1 Å². The zero-order valence-electron chi connectivity index (χ0n) is 16.4. The number of Topliss-reactive ketones (excluding diaryl/α,β-unsaturated/α-hetero) is 1. The Kier molecular flexibility index (Phi) is 5.59. The molecule has 142 valence electrons. The van der Waals surface area contributed by atoms with Gasteiger partial charge in [0.05, 0.1) is 12.7 Å². The highest BCUT2D eigenvalue weighted by Crippen LogP contribution is 2.30. The quantitative estimate of drug-likeness (QED) is 0.341. The van der Waals surface area contributed by atoms with E-state index in [2.05, 4.69) is 6.07 Å². The van der Waals surface area contributed by atoms with Crippen LogP contribution in [0.25, 0.3) is 11.1 Å². The molecule has 0 saturated heterocycles. The summed E-state index contributed by atoms with van der Waals surface area (Å²) in [4.78, 5) is 24.0. The van der Waals surface area contributed by atoms with Crippen molar-refractivity contribution in [2.75, 3.05) is 7.11 Å². The average Bonchev–Trinajstić information content (AvgIpc) is 2.69. The van der Waals surface area contributed by atoms with Gasteiger partial charge in [-0.1, -0.05) is 24.3 Å². The van der Waals surface area contributed by atoms with Crippen LogP contribution < -0.4 is 9.47 Å². The number of hydrogen-bond donors (Lipinski definition) is 0. The summed E-state index contributed by atoms with van der Waals surface area (Å²) in [5.41, 5.74) is 4.83. The maximum atomic E-state index is 12.5. The number of carbonyl (C=O) groups excluding carboxylic acids is 2. The number of methoxy groups -OCH3 is 1. The van der Waals surface area contributed by atoms with Gasteiger partial charge in [0, 0.05) is 5.56 Å². The molecular weight excluding hydrogens is 352 g/mol. The maximum Gasteiger partial charge on any atom is 0.343 e. The number of aryl methyl sites for hydroxylation is 2. The predicted octanol–water partition coefficient (Wildman–Crippen LogP) is 5.40. The Morgan fingerprint density at radius 3 is 1.86 bits per heavy atom. The molecule has 28 heavy (non-hydrogen) atoms. The number of esters is 1. The minimum atomic E-state index is -0.487. The largest absolute Gasteiger partial charge is 0.496 e. The minimum absolute atomic E-state index is 0.0926. The number of ketones is 1. The SMILES string of the molecule is COc1ccc(-c2ccc(OC(=O)c3cccc(C(C)=O)c3)c(C)c2)cc1C. The van der Waals surface area contributed by atoms with Crippen molar-refractivity contribution in [2.24, 2.45) is 0 Å². The van der Waals surface area contributed by atoms with Crippen molar-refractivity contribution in [1.82, 2.24) is 0 Å². The van der Waals surface area contributed by atoms with E-state index >= 15 is 0 Å². The van der Waals surface area contributed by atoms with Gasteiger partial charge in [-0.05, 0) is 79.4 Å². The summed E-state index contributed by atoms with van der Waals surface area (Å²) < 4.78 is 10.9. The van der Waals surface area contributed by atoms with Crippen molar-refractivity contribution in [2.45, 2.75) is 20.8 Å². The van der Waals surface area contributed by atoms with Crippen LogP contribution in [-0.4, -0.2) is 18.9 Å². The second kappa shape index (κ2) is 8.09. The van der Waals surface area contributed by atoms with E-state index < -0.39 is 5.97 Å². The van der Waals surface area contributed by atoms with E-state index in [1.807, 2.05) is 38.1 Å². The smallest absolute Gasteiger partial charge is 0.343 e. The monoisotopic (exact) mass is 374 g/mol. The summed E-state index contributed by atoms with van der Waals surface area (Å²) in [5, 5.41) is 0. The van der Waals surface area contributed by atoms with E-state index in [0.717, 1.165) is 28.0 Å². The lowest BCUT2D eigenvalue weighted by atomic mass is 10.0. The Hall–Kier alpha value is -3.40. The molecule has 0 aliphatic heterocycles. The molecule has 0 heterocycles. The molecular formula is C24H22O4. The number of benzene rings is 3. The number of rotatable bonds is 5. The Morgan fingerprint density at radius 2 is 1.32 bits per heavy atom. The van der Waals surface area contributed by atoms with Gasteiger partial charge in [0.15, 0.2) is 5.78 Å². The molecule has 0 saturated carbocycles. The Bertz CT molecular complexity index is 1050. The van der Waals surface area contributed by atoms with Crippen LogP contribution in [0.1, 0.15) is 38.8 Å². The van der Waals surface area contributed by atoms with E-state index in [-0.39, 0.29) is 5.78 Å². The fraction of sp³-hybridized carbons (Fsp3) is 0.167. The highest BCUT2D eigenvalue weighted by molar-refractivity contribution is 5.98. The van der Waals surface area contributed by atoms with Crippen molar-refractivity contribution >= 4 is 11.8 Å². The Labute approximate surface area is 164 Å². The molecule has 0 N–H and O–H groups in total. The van der Waals surface area contributed by atoms with Crippen LogP contribution in [0.2, 0.25) is 0 Å². The zero-order valence-corrected chi connectivity index (χ0v) is 16.4. The third kappa shape index (κ3) is 4.12. The third-order valence-electron chi connectivity index (χ3n) is 4.61. The molecule has 0 bridgehead atoms. The van der Waals surface area contributed by atoms with Gasteiger partial charge in [-0.15, -0.1) is 0 Å². The van der Waals surface area contributed by atoms with E-state index in [1.165, 1.54) is 6.92 Å². The molecule has 0 aliphatic carbocycles. The first-order valence-electron chi connectivity index (χ1n) is 8.98. The first-order chi connectivity index (χ1) is 13.4. The highest BCUT2D eigenvalue weighted by atomic mass is 16.5. The molecule has 0 radical (unpaired) electrons. The van der Waals surface area contributed by atoms with Crippen LogP contribution in [0.5, 0.6) is 11.5 Å². The summed E-state index contributed by atoms with van der Waals surface area (Å²) in [7, 11) is 1.65. The van der Waals surface area contributed by atoms with E-state index in [1.54, 1.807) is 37.4 Å². The first kappa shape index (κ1) is 19.4. The summed E-state index contributed by atoms with van der Waals surface area (Å²) in [5.74, 6) is 0.759. The predicted molar refractivity (Wildman–Crippen MR) is 109 cm³/mol. The topological polar surface area (TPSA) is 52.6 Å². The molecule has 0 amide bonds. The highest BCUT2D eigenvalue weighted by Gasteiger charge is 2.13. The molecule has 3 aromatic rings. The van der Waals surface area contributed by atoms with Crippen LogP contribution in [-0.2, 0) is 0 Å². The van der Waals surface area contributed by atoms with E-state index in [4.69, 9.17) is 9.47 Å². The molecule has 3 rings (SSSR count). The molecule has 0 spiro atoms. The lowest BCUT2D eigenvalue weighted by Gasteiger charge is -2.11. The number of ether oxygens (including phenoxy) is 2. The second-order valence-corrected chi connectivity index (χ2v) is 6.69. The fourth-order valence-corrected chi connectivity index (χ4v) is 3.03. The molecule has 0 unspecified atom stereocenters. The van der Waals surface area contributed by atoms with Crippen molar-refractivity contribution in [3.8, 4) is 22.6 Å². The summed E-state index contributed by atoms with van der Waals surface area (Å²) in [6.07, 6.45) is 0. The lowest BCUT2D eigenvalue weighted by molar-refractivity contribution is 0.0733. The second-order valence-electron chi connectivity index (χ2n) is 6.69. The summed E-state index contributed by atoms with van der Waals surface area (Å²) in [6.45, 7) is 5.36. The molecule has 0 aromatic heterocycles.